The van der Waals surface area contributed by atoms with Crippen molar-refractivity contribution in [2.45, 2.75) is 36.7 Å². The first-order valence-electron chi connectivity index (χ1n) is 11.4. The molecule has 2 aromatic carbocycles. The number of carbonyl (C=O) groups is 2. The highest BCUT2D eigenvalue weighted by atomic mass is 16.7. The normalized spacial score (nSPS) is 27.7. The van der Waals surface area contributed by atoms with E-state index in [0.717, 1.165) is 18.5 Å². The van der Waals surface area contributed by atoms with Gasteiger partial charge in [-0.2, -0.15) is 0 Å². The molecule has 1 fully saturated rings. The van der Waals surface area contributed by atoms with Gasteiger partial charge in [0.25, 0.3) is 0 Å². The Kier molecular flexibility index (Phi) is 5.08. The van der Waals surface area contributed by atoms with Crippen LogP contribution in [-0.2, 0) is 19.0 Å². The molecule has 0 unspecified atom stereocenters. The molecular weight excluding hydrogens is 438 g/mol. The van der Waals surface area contributed by atoms with Gasteiger partial charge >= 0.3 is 11.9 Å². The van der Waals surface area contributed by atoms with Crippen molar-refractivity contribution in [3.8, 4) is 11.5 Å². The van der Waals surface area contributed by atoms with Crippen molar-refractivity contribution in [1.82, 2.24) is 4.90 Å². The van der Waals surface area contributed by atoms with Gasteiger partial charge in [0.05, 0.1) is 5.56 Å². The summed E-state index contributed by atoms with van der Waals surface area (Å²) in [6.07, 6.45) is 0.558. The fourth-order valence-electron chi connectivity index (χ4n) is 5.63. The number of methoxy groups -OCH3 is 1. The summed E-state index contributed by atoms with van der Waals surface area (Å²) in [5, 5.41) is 0. The Morgan fingerprint density at radius 1 is 1.15 bits per heavy atom. The fraction of sp³-hybridized carbons (Fsp3) is 0.385. The van der Waals surface area contributed by atoms with Gasteiger partial charge in [-0.15, -0.1) is 0 Å². The molecule has 0 amide bonds. The van der Waals surface area contributed by atoms with Crippen LogP contribution in [0, 0.1) is 0 Å². The number of likely N-dealkylation sites (tertiary alicyclic amines) is 1. The number of esters is 2. The summed E-state index contributed by atoms with van der Waals surface area (Å²) in [7, 11) is 3.54. The lowest BCUT2D eigenvalue weighted by Crippen LogP contribution is -2.52. The molecule has 1 saturated heterocycles. The molecule has 4 aliphatic rings. The summed E-state index contributed by atoms with van der Waals surface area (Å²) in [6.45, 7) is 0.993. The van der Waals surface area contributed by atoms with Gasteiger partial charge in [-0.25, -0.2) is 9.59 Å². The molecule has 6 rings (SSSR count). The number of likely N-dealkylation sites (N-methyl/N-ethyl adjacent to an activating group) is 1. The van der Waals surface area contributed by atoms with Crippen LogP contribution >= 0.6 is 0 Å². The highest BCUT2D eigenvalue weighted by Crippen LogP contribution is 2.49. The fourth-order valence-corrected chi connectivity index (χ4v) is 5.63. The topological polar surface area (TPSA) is 83.5 Å². The van der Waals surface area contributed by atoms with Gasteiger partial charge in [-0.3, -0.25) is 4.90 Å². The van der Waals surface area contributed by atoms with Crippen molar-refractivity contribution < 1.29 is 33.3 Å². The Morgan fingerprint density at radius 3 is 2.68 bits per heavy atom. The van der Waals surface area contributed by atoms with E-state index < -0.39 is 30.3 Å². The number of hydrogen-bond donors (Lipinski definition) is 0. The third kappa shape index (κ3) is 3.28. The molecule has 8 nitrogen and oxygen atoms in total. The molecule has 0 radical (unpaired) electrons. The largest absolute Gasteiger partial charge is 0.454 e. The average molecular weight is 463 g/mol. The second kappa shape index (κ2) is 8.14. The van der Waals surface area contributed by atoms with Crippen molar-refractivity contribution >= 4 is 11.9 Å². The van der Waals surface area contributed by atoms with Gasteiger partial charge in [0.2, 0.25) is 6.79 Å². The van der Waals surface area contributed by atoms with Crippen LogP contribution in [0.25, 0.3) is 0 Å². The van der Waals surface area contributed by atoms with Crippen LogP contribution in [0.3, 0.4) is 0 Å². The van der Waals surface area contributed by atoms with E-state index in [1.54, 1.807) is 6.07 Å². The zero-order valence-corrected chi connectivity index (χ0v) is 18.9. The summed E-state index contributed by atoms with van der Waals surface area (Å²) in [4.78, 5) is 28.5. The lowest BCUT2D eigenvalue weighted by molar-refractivity contribution is -0.166. The second-order valence-electron chi connectivity index (χ2n) is 9.03. The van der Waals surface area contributed by atoms with Crippen LogP contribution < -0.4 is 9.47 Å². The number of ether oxygens (including phenoxy) is 5. The molecule has 0 spiro atoms. The minimum Gasteiger partial charge on any atom is -0.454 e. The molecule has 0 saturated carbocycles. The maximum absolute atomic E-state index is 13.2. The van der Waals surface area contributed by atoms with Crippen LogP contribution in [0.4, 0.5) is 0 Å². The maximum atomic E-state index is 13.2. The first kappa shape index (κ1) is 21.2. The van der Waals surface area contributed by atoms with E-state index in [1.165, 1.54) is 12.7 Å². The van der Waals surface area contributed by atoms with E-state index in [0.29, 0.717) is 22.6 Å². The highest BCUT2D eigenvalue weighted by Gasteiger charge is 2.52. The minimum atomic E-state index is -0.873. The molecule has 1 aliphatic carbocycles. The molecular formula is C26H25NO7. The third-order valence-electron chi connectivity index (χ3n) is 7.18. The predicted octanol–water partition coefficient (Wildman–Crippen LogP) is 2.98. The monoisotopic (exact) mass is 463 g/mol. The number of carbonyl (C=O) groups excluding carboxylic acids is 2. The Morgan fingerprint density at radius 2 is 1.91 bits per heavy atom. The van der Waals surface area contributed by atoms with Gasteiger partial charge in [0, 0.05) is 25.6 Å². The summed E-state index contributed by atoms with van der Waals surface area (Å²) in [5.41, 5.74) is 3.18. The zero-order chi connectivity index (χ0) is 23.4. The first-order valence-corrected chi connectivity index (χ1v) is 11.4. The standard InChI is InChI=1S/C26H25NO7/c1-27-9-8-15-10-20(33-26(29)23(30-2)14-6-4-3-5-7-14)24-21(22(15)27)16-11-18-19(32-13-31-18)12-17(16)25(28)34-24/h3-7,10-12,20-24H,8-9,13H2,1-2H3/t20-,21-,22+,23+,24+/m0/s1. The number of benzene rings is 2. The minimum absolute atomic E-state index is 0.0412. The smallest absolute Gasteiger partial charge is 0.340 e. The molecule has 0 N–H and O–H groups in total. The van der Waals surface area contributed by atoms with E-state index >= 15 is 0 Å². The van der Waals surface area contributed by atoms with Gasteiger partial charge in [-0.1, -0.05) is 35.9 Å². The van der Waals surface area contributed by atoms with Crippen molar-refractivity contribution in [2.24, 2.45) is 0 Å². The average Bonchev–Trinajstić information content (AvgIpc) is 3.45. The number of fused-ring (bicyclic) bond motifs is 6. The lowest BCUT2D eigenvalue weighted by Gasteiger charge is -2.44. The Labute approximate surface area is 197 Å². The van der Waals surface area contributed by atoms with Crippen molar-refractivity contribution in [3.63, 3.8) is 0 Å². The van der Waals surface area contributed by atoms with Gasteiger partial charge in [-0.05, 0) is 42.8 Å². The summed E-state index contributed by atoms with van der Waals surface area (Å²) < 4.78 is 28.5. The van der Waals surface area contributed by atoms with E-state index in [9.17, 15) is 9.59 Å². The van der Waals surface area contributed by atoms with Crippen molar-refractivity contribution in [3.05, 3.63) is 70.8 Å². The highest BCUT2D eigenvalue weighted by molar-refractivity contribution is 5.94. The van der Waals surface area contributed by atoms with Crippen LogP contribution in [0.2, 0.25) is 0 Å². The third-order valence-corrected chi connectivity index (χ3v) is 7.18. The first-order chi connectivity index (χ1) is 16.5. The van der Waals surface area contributed by atoms with E-state index in [-0.39, 0.29) is 18.8 Å². The molecule has 0 aromatic heterocycles. The molecule has 8 heteroatoms. The number of rotatable bonds is 4. The maximum Gasteiger partial charge on any atom is 0.340 e. The SMILES string of the molecule is CO[C@@H](C(=O)O[C@H]1C=C2CCN(C)[C@H]2[C@@H]2c3cc4c(cc3C(=O)O[C@@H]21)OCO4)c1ccccc1. The van der Waals surface area contributed by atoms with E-state index in [2.05, 4.69) is 11.9 Å². The van der Waals surface area contributed by atoms with E-state index in [4.69, 9.17) is 23.7 Å². The summed E-state index contributed by atoms with van der Waals surface area (Å²) in [5.74, 6) is -0.0356. The summed E-state index contributed by atoms with van der Waals surface area (Å²) >= 11 is 0. The van der Waals surface area contributed by atoms with Crippen LogP contribution in [0.5, 0.6) is 11.5 Å². The van der Waals surface area contributed by atoms with E-state index in [1.807, 2.05) is 42.5 Å². The quantitative estimate of drug-likeness (QED) is 0.506. The number of hydrogen-bond acceptors (Lipinski definition) is 8. The lowest BCUT2D eigenvalue weighted by atomic mass is 9.73. The van der Waals surface area contributed by atoms with Crippen LogP contribution in [0.15, 0.2) is 54.1 Å². The van der Waals surface area contributed by atoms with Gasteiger partial charge < -0.3 is 23.7 Å². The molecule has 5 atom stereocenters. The second-order valence-corrected chi connectivity index (χ2v) is 9.03. The molecule has 2 aromatic rings. The Bertz CT molecular complexity index is 1180. The van der Waals surface area contributed by atoms with Crippen LogP contribution in [-0.4, -0.2) is 62.6 Å². The molecule has 34 heavy (non-hydrogen) atoms. The van der Waals surface area contributed by atoms with Crippen molar-refractivity contribution in [1.29, 1.82) is 0 Å². The number of nitrogens with zero attached hydrogens (tertiary/aromatic N) is 1. The molecule has 176 valence electrons. The zero-order valence-electron chi connectivity index (χ0n) is 18.9. The molecule has 3 aliphatic heterocycles. The van der Waals surface area contributed by atoms with Crippen LogP contribution in [0.1, 0.15) is 39.9 Å². The van der Waals surface area contributed by atoms with Crippen molar-refractivity contribution in [2.75, 3.05) is 27.5 Å². The Balaban J connectivity index is 1.38. The van der Waals surface area contributed by atoms with Gasteiger partial charge in [0.15, 0.2) is 29.8 Å². The van der Waals surface area contributed by atoms with Gasteiger partial charge in [0.1, 0.15) is 0 Å². The molecule has 3 heterocycles. The Hall–Kier alpha value is -3.36. The predicted molar refractivity (Wildman–Crippen MR) is 120 cm³/mol. The summed E-state index contributed by atoms with van der Waals surface area (Å²) in [6, 6.07) is 12.8. The molecule has 0 bridgehead atoms.